The molecule has 4 aromatic carbocycles. The summed E-state index contributed by atoms with van der Waals surface area (Å²) in [6.07, 6.45) is 0. The van der Waals surface area contributed by atoms with Gasteiger partial charge in [-0.1, -0.05) is 109 Å². The number of para-hydroxylation sites is 1. The van der Waals surface area contributed by atoms with E-state index in [0.717, 1.165) is 0 Å². The lowest BCUT2D eigenvalue weighted by Gasteiger charge is -2.31. The van der Waals surface area contributed by atoms with Crippen LogP contribution in [0.15, 0.2) is 115 Å². The fourth-order valence-corrected chi connectivity index (χ4v) is 8.67. The van der Waals surface area contributed by atoms with Crippen LogP contribution in [0.4, 0.5) is 5.69 Å². The molecule has 0 aromatic heterocycles. The highest BCUT2D eigenvalue weighted by molar-refractivity contribution is 7.96. The van der Waals surface area contributed by atoms with E-state index in [9.17, 15) is 0 Å². The van der Waals surface area contributed by atoms with Crippen LogP contribution >= 0.6 is 6.89 Å². The molecule has 0 amide bonds. The lowest BCUT2D eigenvalue weighted by Crippen LogP contribution is -2.31. The summed E-state index contributed by atoms with van der Waals surface area (Å²) in [6, 6.07) is 41.6. The minimum absolute atomic E-state index is 1.22. The van der Waals surface area contributed by atoms with Gasteiger partial charge < -0.3 is 4.90 Å². The second-order valence-electron chi connectivity index (χ2n) is 7.21. The number of benzene rings is 4. The van der Waals surface area contributed by atoms with Crippen molar-refractivity contribution in [1.29, 1.82) is 0 Å². The summed E-state index contributed by atoms with van der Waals surface area (Å²) in [6.45, 7) is 1.65. The molecule has 0 N–H and O–H groups in total. The zero-order valence-corrected chi connectivity index (χ0v) is 17.3. The molecule has 0 spiro atoms. The van der Waals surface area contributed by atoms with Gasteiger partial charge in [0.2, 0.25) is 0 Å². The van der Waals surface area contributed by atoms with Crippen molar-refractivity contribution in [2.75, 3.05) is 11.9 Å². The van der Waals surface area contributed by atoms with Crippen molar-refractivity contribution in [3.8, 4) is 0 Å². The molecule has 5 rings (SSSR count). The van der Waals surface area contributed by atoms with Crippen LogP contribution in [-0.4, -0.2) is 12.3 Å². The van der Waals surface area contributed by atoms with Crippen LogP contribution in [0.1, 0.15) is 5.56 Å². The topological polar surface area (TPSA) is 3.24 Å². The van der Waals surface area contributed by atoms with Crippen LogP contribution in [0.3, 0.4) is 0 Å². The third kappa shape index (κ3) is 2.85. The molecule has 29 heavy (non-hydrogen) atoms. The van der Waals surface area contributed by atoms with Crippen molar-refractivity contribution in [2.24, 2.45) is 0 Å². The molecule has 1 nitrogen and oxygen atoms in total. The number of rotatable bonds is 3. The highest BCUT2D eigenvalue weighted by Crippen LogP contribution is 2.51. The van der Waals surface area contributed by atoms with Gasteiger partial charge in [-0.25, -0.2) is 0 Å². The predicted octanol–water partition coefficient (Wildman–Crippen LogP) is 4.69. The average Bonchev–Trinajstić information content (AvgIpc) is 3.14. The summed E-state index contributed by atoms with van der Waals surface area (Å²) in [5.41, 5.74) is 2.49. The number of anilines is 1. The van der Waals surface area contributed by atoms with Crippen molar-refractivity contribution in [2.45, 2.75) is 0 Å². The third-order valence-electron chi connectivity index (χ3n) is 5.56. The van der Waals surface area contributed by atoms with Gasteiger partial charge >= 0.3 is 0 Å². The maximum atomic E-state index is 3.76. The van der Waals surface area contributed by atoms with E-state index in [-0.39, 0.29) is 0 Å². The van der Waals surface area contributed by atoms with E-state index in [1.165, 1.54) is 32.5 Å². The third-order valence-corrected chi connectivity index (χ3v) is 9.79. The molecule has 0 unspecified atom stereocenters. The Morgan fingerprint density at radius 1 is 0.552 bits per heavy atom. The maximum Gasteiger partial charge on any atom is 0.127 e. The van der Waals surface area contributed by atoms with E-state index in [2.05, 4.69) is 134 Å². The van der Waals surface area contributed by atoms with Crippen LogP contribution < -0.4 is 20.8 Å². The van der Waals surface area contributed by atoms with Crippen molar-refractivity contribution >= 4 is 33.8 Å². The van der Waals surface area contributed by atoms with Gasteiger partial charge in [-0.15, -0.1) is 0 Å². The Balaban J connectivity index is 2.02. The van der Waals surface area contributed by atoms with Gasteiger partial charge in [-0.3, -0.25) is 0 Å². The van der Waals surface area contributed by atoms with Crippen molar-refractivity contribution in [1.82, 2.24) is 0 Å². The Morgan fingerprint density at radius 2 is 0.966 bits per heavy atom. The van der Waals surface area contributed by atoms with E-state index in [4.69, 9.17) is 0 Å². The van der Waals surface area contributed by atoms with Crippen LogP contribution in [0.2, 0.25) is 0 Å². The summed E-state index contributed by atoms with van der Waals surface area (Å²) >= 11 is 0. The highest BCUT2D eigenvalue weighted by atomic mass is 31.2. The maximum absolute atomic E-state index is 3.76. The smallest absolute Gasteiger partial charge is 0.127 e. The first kappa shape index (κ1) is 18.0. The first-order valence-electron chi connectivity index (χ1n) is 9.85. The number of nitrogens with zero attached hydrogens (tertiary/aromatic N) is 1. The Bertz CT molecular complexity index is 1080. The van der Waals surface area contributed by atoms with Crippen LogP contribution in [0.5, 0.6) is 0 Å². The lowest BCUT2D eigenvalue weighted by atomic mass is 10.2. The molecule has 0 aliphatic carbocycles. The molecule has 0 atom stereocenters. The zero-order valence-electron chi connectivity index (χ0n) is 16.4. The normalized spacial score (nSPS) is 13.4. The molecule has 1 aliphatic rings. The number of hydrogen-bond acceptors (Lipinski definition) is 1. The highest BCUT2D eigenvalue weighted by Gasteiger charge is 2.35. The molecule has 2 heteroatoms. The SMILES string of the molecule is CN1[C]C(=P(c2ccccc2)(c2ccccc2)c2ccccc2)c2ccccc21. The largest absolute Gasteiger partial charge is 0.359 e. The standard InChI is InChI=1S/C27H22NP/c1-28-21-27(25-19-11-12-20-26(25)28)29(22-13-5-2-6-14-22,23-15-7-3-8-16-23)24-17-9-4-10-18-24/h2-20H,1H3. The molecule has 0 bridgehead atoms. The molecule has 0 saturated carbocycles. The van der Waals surface area contributed by atoms with E-state index in [1.54, 1.807) is 0 Å². The van der Waals surface area contributed by atoms with Crippen LogP contribution in [-0.2, 0) is 0 Å². The Kier molecular flexibility index (Phi) is 4.62. The quantitative estimate of drug-likeness (QED) is 0.458. The second kappa shape index (κ2) is 7.43. The molecular weight excluding hydrogens is 369 g/mol. The molecule has 0 fully saturated rings. The van der Waals surface area contributed by atoms with Crippen LogP contribution in [0, 0.1) is 6.54 Å². The van der Waals surface area contributed by atoms with Gasteiger partial charge in [-0.05, 0) is 28.9 Å². The van der Waals surface area contributed by atoms with Gasteiger partial charge in [0.1, 0.15) is 6.54 Å². The van der Waals surface area contributed by atoms with Gasteiger partial charge in [0.05, 0.1) is 0 Å². The minimum Gasteiger partial charge on any atom is -0.359 e. The lowest BCUT2D eigenvalue weighted by molar-refractivity contribution is 1.19. The van der Waals surface area contributed by atoms with Gasteiger partial charge in [-0.2, -0.15) is 0 Å². The van der Waals surface area contributed by atoms with E-state index in [1.807, 2.05) is 0 Å². The summed E-state index contributed by atoms with van der Waals surface area (Å²) < 4.78 is 0. The number of likely N-dealkylation sites (N-methyl/N-ethyl adjacent to an activating group) is 1. The van der Waals surface area contributed by atoms with E-state index < -0.39 is 6.89 Å². The average molecular weight is 391 g/mol. The molecule has 140 valence electrons. The van der Waals surface area contributed by atoms with Crippen LogP contribution in [0.25, 0.3) is 0 Å². The Hall–Kier alpha value is -3.02. The van der Waals surface area contributed by atoms with Gasteiger partial charge in [0.25, 0.3) is 0 Å². The summed E-state index contributed by atoms with van der Waals surface area (Å²) in [5.74, 6) is 0. The first-order valence-corrected chi connectivity index (χ1v) is 11.6. The minimum atomic E-state index is -2.11. The number of fused-ring (bicyclic) bond motifs is 1. The van der Waals surface area contributed by atoms with Crippen molar-refractivity contribution in [3.63, 3.8) is 0 Å². The van der Waals surface area contributed by atoms with Crippen molar-refractivity contribution < 1.29 is 0 Å². The monoisotopic (exact) mass is 391 g/mol. The van der Waals surface area contributed by atoms with E-state index >= 15 is 0 Å². The first-order chi connectivity index (χ1) is 14.3. The van der Waals surface area contributed by atoms with Gasteiger partial charge in [0, 0.05) is 23.6 Å². The van der Waals surface area contributed by atoms with E-state index in [0.29, 0.717) is 0 Å². The second-order valence-corrected chi connectivity index (χ2v) is 10.6. The number of hydrogen-bond donors (Lipinski definition) is 0. The Morgan fingerprint density at radius 3 is 1.45 bits per heavy atom. The molecular formula is C27H22NP. The fourth-order valence-electron chi connectivity index (χ4n) is 4.29. The molecule has 1 aliphatic heterocycles. The van der Waals surface area contributed by atoms with Crippen molar-refractivity contribution in [3.05, 3.63) is 127 Å². The Labute approximate surface area is 173 Å². The molecule has 4 aromatic rings. The predicted molar refractivity (Wildman–Crippen MR) is 127 cm³/mol. The summed E-state index contributed by atoms with van der Waals surface area (Å²) in [5, 5.41) is 5.35. The molecule has 0 saturated heterocycles. The summed E-state index contributed by atoms with van der Waals surface area (Å²) in [4.78, 5) is 2.15. The van der Waals surface area contributed by atoms with Gasteiger partial charge in [0.15, 0.2) is 0 Å². The fraction of sp³-hybridized carbons (Fsp3) is 0.0370. The summed E-state index contributed by atoms with van der Waals surface area (Å²) in [7, 11) is 2.10. The molecule has 1 heterocycles. The zero-order chi connectivity index (χ0) is 19.7. The molecule has 2 radical (unpaired) electrons.